The Kier molecular flexibility index (Phi) is 4.62. The lowest BCUT2D eigenvalue weighted by Gasteiger charge is -2.22. The summed E-state index contributed by atoms with van der Waals surface area (Å²) in [5.74, 6) is 0.794. The Hall–Kier alpha value is -2.45. The van der Waals surface area contributed by atoms with Crippen LogP contribution in [0.5, 0.6) is 0 Å². The molecule has 1 saturated heterocycles. The monoisotopic (exact) mass is 342 g/mol. The molecule has 0 bridgehead atoms. The van der Waals surface area contributed by atoms with E-state index in [0.717, 1.165) is 42.2 Å². The van der Waals surface area contributed by atoms with E-state index in [-0.39, 0.29) is 6.29 Å². The first-order valence-corrected chi connectivity index (χ1v) is 8.62. The maximum absolute atomic E-state index is 5.76. The zero-order chi connectivity index (χ0) is 17.1. The van der Waals surface area contributed by atoms with Crippen LogP contribution in [0.4, 0.5) is 5.82 Å². The number of hydrogen-bond acceptors (Lipinski definition) is 6. The van der Waals surface area contributed by atoms with Crippen LogP contribution in [0.3, 0.4) is 0 Å². The number of imidazole rings is 1. The molecule has 25 heavy (non-hydrogen) atoms. The predicted molar refractivity (Wildman–Crippen MR) is 93.3 cm³/mol. The van der Waals surface area contributed by atoms with E-state index in [2.05, 4.69) is 20.5 Å². The highest BCUT2D eigenvalue weighted by molar-refractivity contribution is 5.59. The molecule has 0 aromatic carbocycles. The van der Waals surface area contributed by atoms with Crippen molar-refractivity contribution in [3.05, 3.63) is 30.7 Å². The number of nitrogens with zero attached hydrogens (tertiary/aromatic N) is 5. The third-order valence-electron chi connectivity index (χ3n) is 4.27. The van der Waals surface area contributed by atoms with E-state index in [1.165, 1.54) is 6.42 Å². The molecule has 1 unspecified atom stereocenters. The third kappa shape index (κ3) is 3.64. The van der Waals surface area contributed by atoms with Crippen molar-refractivity contribution in [3.8, 4) is 11.3 Å². The van der Waals surface area contributed by atoms with E-state index in [1.807, 2.05) is 42.5 Å². The molecule has 1 N–H and O–H groups in total. The molecule has 1 fully saturated rings. The number of hydrogen-bond donors (Lipinski definition) is 1. The van der Waals surface area contributed by atoms with Crippen LogP contribution in [0.25, 0.3) is 16.9 Å². The van der Waals surface area contributed by atoms with Gasteiger partial charge >= 0.3 is 0 Å². The van der Waals surface area contributed by atoms with Gasteiger partial charge in [0, 0.05) is 25.4 Å². The van der Waals surface area contributed by atoms with Crippen molar-refractivity contribution >= 4 is 11.5 Å². The predicted octanol–water partition coefficient (Wildman–Crippen LogP) is 2.18. The molecule has 3 aromatic heterocycles. The molecule has 1 aliphatic rings. The highest BCUT2D eigenvalue weighted by Crippen LogP contribution is 2.18. The zero-order valence-corrected chi connectivity index (χ0v) is 14.3. The number of nitrogens with one attached hydrogen (secondary N) is 1. The normalized spacial score (nSPS) is 17.9. The largest absolute Gasteiger partial charge is 0.372 e. The highest BCUT2D eigenvalue weighted by atomic mass is 16.7. The molecule has 4 heterocycles. The molecule has 0 aliphatic carbocycles. The fraction of sp³-hybridized carbons (Fsp3) is 0.471. The minimum atomic E-state index is -0.0598. The molecule has 3 aromatic rings. The van der Waals surface area contributed by atoms with Gasteiger partial charge in [0.05, 0.1) is 31.2 Å². The first kappa shape index (κ1) is 16.0. The van der Waals surface area contributed by atoms with Gasteiger partial charge < -0.3 is 14.8 Å². The highest BCUT2D eigenvalue weighted by Gasteiger charge is 2.14. The Labute approximate surface area is 145 Å². The average Bonchev–Trinajstić information content (AvgIpc) is 3.28. The Morgan fingerprint density at radius 1 is 1.32 bits per heavy atom. The van der Waals surface area contributed by atoms with Gasteiger partial charge in [-0.05, 0) is 31.4 Å². The van der Waals surface area contributed by atoms with Gasteiger partial charge in [0.2, 0.25) is 0 Å². The molecule has 0 amide bonds. The number of aromatic nitrogens is 5. The van der Waals surface area contributed by atoms with Crippen LogP contribution in [0.15, 0.2) is 30.7 Å². The van der Waals surface area contributed by atoms with E-state index >= 15 is 0 Å². The molecular formula is C17H22N6O2. The summed E-state index contributed by atoms with van der Waals surface area (Å²) < 4.78 is 15.0. The van der Waals surface area contributed by atoms with Crippen molar-refractivity contribution < 1.29 is 9.47 Å². The molecule has 8 heteroatoms. The summed E-state index contributed by atoms with van der Waals surface area (Å²) in [7, 11) is 1.84. The van der Waals surface area contributed by atoms with E-state index < -0.39 is 0 Å². The van der Waals surface area contributed by atoms with Crippen LogP contribution in [0.1, 0.15) is 19.3 Å². The first-order valence-electron chi connectivity index (χ1n) is 8.62. The minimum absolute atomic E-state index is 0.0598. The number of rotatable bonds is 6. The lowest BCUT2D eigenvalue weighted by Crippen LogP contribution is -2.24. The second kappa shape index (κ2) is 7.20. The first-order chi connectivity index (χ1) is 12.3. The van der Waals surface area contributed by atoms with Crippen LogP contribution in [0.2, 0.25) is 0 Å². The smallest absolute Gasteiger partial charge is 0.157 e. The van der Waals surface area contributed by atoms with Crippen molar-refractivity contribution in [2.45, 2.75) is 32.1 Å². The van der Waals surface area contributed by atoms with Crippen LogP contribution >= 0.6 is 0 Å². The van der Waals surface area contributed by atoms with E-state index in [4.69, 9.17) is 9.47 Å². The summed E-state index contributed by atoms with van der Waals surface area (Å²) in [5, 5.41) is 12.0. The van der Waals surface area contributed by atoms with Crippen molar-refractivity contribution in [1.29, 1.82) is 0 Å². The second-order valence-electron chi connectivity index (χ2n) is 6.06. The van der Waals surface area contributed by atoms with Gasteiger partial charge in [-0.25, -0.2) is 9.50 Å². The molecular weight excluding hydrogens is 320 g/mol. The molecule has 1 atom stereocenters. The molecule has 0 radical (unpaired) electrons. The zero-order valence-electron chi connectivity index (χ0n) is 14.3. The van der Waals surface area contributed by atoms with Gasteiger partial charge in [-0.15, -0.1) is 0 Å². The molecule has 8 nitrogen and oxygen atoms in total. The summed E-state index contributed by atoms with van der Waals surface area (Å²) in [5.41, 5.74) is 2.63. The molecule has 4 rings (SSSR count). The van der Waals surface area contributed by atoms with Crippen LogP contribution in [-0.4, -0.2) is 50.9 Å². The Balaban J connectivity index is 1.40. The van der Waals surface area contributed by atoms with Crippen LogP contribution in [-0.2, 0) is 16.0 Å². The lowest BCUT2D eigenvalue weighted by atomic mass is 10.2. The molecule has 132 valence electrons. The fourth-order valence-electron chi connectivity index (χ4n) is 2.89. The van der Waals surface area contributed by atoms with Gasteiger partial charge in [0.1, 0.15) is 5.82 Å². The van der Waals surface area contributed by atoms with Crippen LogP contribution in [0, 0.1) is 0 Å². The second-order valence-corrected chi connectivity index (χ2v) is 6.06. The molecule has 0 saturated carbocycles. The van der Waals surface area contributed by atoms with Gasteiger partial charge in [-0.1, -0.05) is 0 Å². The lowest BCUT2D eigenvalue weighted by molar-refractivity contribution is -0.163. The summed E-state index contributed by atoms with van der Waals surface area (Å²) in [6.45, 7) is 2.08. The Morgan fingerprint density at radius 3 is 3.12 bits per heavy atom. The maximum atomic E-state index is 5.76. The summed E-state index contributed by atoms with van der Waals surface area (Å²) in [6, 6.07) is 3.90. The van der Waals surface area contributed by atoms with Crippen molar-refractivity contribution in [1.82, 2.24) is 24.4 Å². The summed E-state index contributed by atoms with van der Waals surface area (Å²) >= 11 is 0. The number of ether oxygens (including phenoxy) is 2. The maximum Gasteiger partial charge on any atom is 0.157 e. The minimum Gasteiger partial charge on any atom is -0.372 e. The van der Waals surface area contributed by atoms with Gasteiger partial charge in [0.15, 0.2) is 11.9 Å². The van der Waals surface area contributed by atoms with E-state index in [1.54, 1.807) is 4.52 Å². The molecule has 0 spiro atoms. The van der Waals surface area contributed by atoms with Gasteiger partial charge in [-0.3, -0.25) is 4.68 Å². The summed E-state index contributed by atoms with van der Waals surface area (Å²) in [6.07, 6.45) is 8.89. The Bertz CT molecular complexity index is 837. The molecule has 1 aliphatic heterocycles. The van der Waals surface area contributed by atoms with E-state index in [0.29, 0.717) is 13.2 Å². The fourth-order valence-corrected chi connectivity index (χ4v) is 2.89. The number of anilines is 1. The van der Waals surface area contributed by atoms with Gasteiger partial charge in [0.25, 0.3) is 0 Å². The third-order valence-corrected chi connectivity index (χ3v) is 4.27. The van der Waals surface area contributed by atoms with Crippen molar-refractivity contribution in [3.63, 3.8) is 0 Å². The summed E-state index contributed by atoms with van der Waals surface area (Å²) in [4.78, 5) is 4.40. The Morgan fingerprint density at radius 2 is 2.28 bits per heavy atom. The SMILES string of the molecule is CNc1cn2nc(-c3cnn(CCOC4CCCCO4)c3)ccc2n1. The van der Waals surface area contributed by atoms with Gasteiger partial charge in [-0.2, -0.15) is 10.2 Å². The van der Waals surface area contributed by atoms with Crippen molar-refractivity contribution in [2.24, 2.45) is 0 Å². The standard InChI is InChI=1S/C17H22N6O2/c1-18-15-12-23-16(20-15)6-5-14(21-23)13-10-19-22(11-13)7-9-25-17-4-2-3-8-24-17/h5-6,10-12,17-18H,2-4,7-9H2,1H3. The van der Waals surface area contributed by atoms with E-state index in [9.17, 15) is 0 Å². The average molecular weight is 342 g/mol. The quantitative estimate of drug-likeness (QED) is 0.740. The van der Waals surface area contributed by atoms with Crippen molar-refractivity contribution in [2.75, 3.05) is 25.6 Å². The topological polar surface area (TPSA) is 78.5 Å². The number of fused-ring (bicyclic) bond motifs is 1. The van der Waals surface area contributed by atoms with Crippen LogP contribution < -0.4 is 5.32 Å².